The van der Waals surface area contributed by atoms with Crippen molar-refractivity contribution >= 4 is 23.8 Å². The van der Waals surface area contributed by atoms with Crippen molar-refractivity contribution in [2.75, 3.05) is 18.0 Å². The number of hydrogen-bond donors (Lipinski definition) is 1. The van der Waals surface area contributed by atoms with Crippen LogP contribution in [0.25, 0.3) is 0 Å². The fraction of sp³-hybridized carbons (Fsp3) is 0.471. The number of halogens is 3. The van der Waals surface area contributed by atoms with Crippen LogP contribution < -0.4 is 15.0 Å². The van der Waals surface area contributed by atoms with Crippen molar-refractivity contribution in [3.8, 4) is 5.75 Å². The van der Waals surface area contributed by atoms with Crippen LogP contribution in [0, 0.1) is 0 Å². The topological polar surface area (TPSA) is 75.7 Å². The molecule has 0 unspecified atom stereocenters. The third-order valence-corrected chi connectivity index (χ3v) is 3.96. The van der Waals surface area contributed by atoms with E-state index in [1.54, 1.807) is 6.92 Å². The summed E-state index contributed by atoms with van der Waals surface area (Å²) in [6, 6.07) is 1.71. The molecule has 0 radical (unpaired) electrons. The molecule has 0 aliphatic carbocycles. The van der Waals surface area contributed by atoms with Gasteiger partial charge in [-0.05, 0) is 26.0 Å². The monoisotopic (exact) mass is 372 g/mol. The Bertz CT molecular complexity index is 744. The number of carbonyl (C=O) groups excluding carboxylic acids is 3. The number of aldehydes is 1. The van der Waals surface area contributed by atoms with Crippen LogP contribution in [0.2, 0.25) is 0 Å². The summed E-state index contributed by atoms with van der Waals surface area (Å²) in [5.74, 6) is -0.840. The van der Waals surface area contributed by atoms with Gasteiger partial charge in [0, 0.05) is 25.1 Å². The van der Waals surface area contributed by atoms with Crippen molar-refractivity contribution in [3.63, 3.8) is 0 Å². The largest absolute Gasteiger partial charge is 0.476 e. The van der Waals surface area contributed by atoms with E-state index in [9.17, 15) is 27.6 Å². The van der Waals surface area contributed by atoms with Crippen LogP contribution in [0.15, 0.2) is 12.1 Å². The first kappa shape index (κ1) is 19.7. The fourth-order valence-corrected chi connectivity index (χ4v) is 2.63. The lowest BCUT2D eigenvalue weighted by atomic mass is 10.00. The molecular weight excluding hydrogens is 353 g/mol. The highest BCUT2D eigenvalue weighted by molar-refractivity contribution is 6.03. The number of ether oxygens (including phenoxy) is 1. The number of carbonyl (C=O) groups is 3. The predicted octanol–water partition coefficient (Wildman–Crippen LogP) is 2.55. The summed E-state index contributed by atoms with van der Waals surface area (Å²) < 4.78 is 44.9. The summed E-state index contributed by atoms with van der Waals surface area (Å²) in [7, 11) is 0. The Hall–Kier alpha value is -2.58. The first-order chi connectivity index (χ1) is 12.0. The number of rotatable bonds is 5. The van der Waals surface area contributed by atoms with Gasteiger partial charge in [0.2, 0.25) is 5.91 Å². The number of nitrogens with one attached hydrogen (secondary N) is 1. The van der Waals surface area contributed by atoms with Crippen LogP contribution >= 0.6 is 0 Å². The van der Waals surface area contributed by atoms with Crippen molar-refractivity contribution < 1.29 is 32.3 Å². The molecule has 1 aliphatic rings. The Balaban J connectivity index is 2.46. The van der Waals surface area contributed by atoms with Crippen molar-refractivity contribution in [1.29, 1.82) is 0 Å². The number of amides is 2. The highest BCUT2D eigenvalue weighted by Crippen LogP contribution is 2.43. The minimum absolute atomic E-state index is 0.0357. The summed E-state index contributed by atoms with van der Waals surface area (Å²) >= 11 is 0. The molecule has 0 atom stereocenters. The zero-order chi connectivity index (χ0) is 19.7. The van der Waals surface area contributed by atoms with Crippen LogP contribution in [0.4, 0.5) is 18.9 Å². The van der Waals surface area contributed by atoms with Gasteiger partial charge in [0.15, 0.2) is 11.9 Å². The normalized spacial score (nSPS) is 15.9. The first-order valence-corrected chi connectivity index (χ1v) is 7.99. The Labute approximate surface area is 148 Å². The van der Waals surface area contributed by atoms with Gasteiger partial charge in [0.05, 0.1) is 11.3 Å². The molecule has 1 heterocycles. The molecule has 0 saturated heterocycles. The maximum absolute atomic E-state index is 13.2. The molecule has 0 aromatic heterocycles. The van der Waals surface area contributed by atoms with Crippen molar-refractivity contribution in [2.45, 2.75) is 39.0 Å². The summed E-state index contributed by atoms with van der Waals surface area (Å²) in [6.07, 6.45) is -4.38. The maximum atomic E-state index is 13.2. The number of alkyl halides is 3. The Kier molecular flexibility index (Phi) is 5.29. The molecule has 0 saturated carbocycles. The summed E-state index contributed by atoms with van der Waals surface area (Å²) in [4.78, 5) is 36.3. The first-order valence-electron chi connectivity index (χ1n) is 7.99. The van der Waals surface area contributed by atoms with Gasteiger partial charge in [-0.2, -0.15) is 13.2 Å². The van der Waals surface area contributed by atoms with E-state index in [0.29, 0.717) is 0 Å². The van der Waals surface area contributed by atoms with E-state index in [2.05, 4.69) is 5.32 Å². The number of anilines is 1. The van der Waals surface area contributed by atoms with Crippen molar-refractivity contribution in [2.24, 2.45) is 0 Å². The molecule has 1 aromatic rings. The number of nitrogens with zero attached hydrogens (tertiary/aromatic N) is 1. The lowest BCUT2D eigenvalue weighted by Crippen LogP contribution is -2.54. The quantitative estimate of drug-likeness (QED) is 0.806. The number of hydrogen-bond acceptors (Lipinski definition) is 4. The molecular formula is C17H19F3N2O4. The standard InChI is InChI=1S/C17H19F3N2O4/c1-4-14(24)21-5-6-22-12-7-10(9-23)11(17(18,19)20)8-13(12)26-16(2,3)15(22)25/h7-9H,4-6H2,1-3H3,(H,21,24). The van der Waals surface area contributed by atoms with Crippen molar-refractivity contribution in [1.82, 2.24) is 5.32 Å². The highest BCUT2D eigenvalue weighted by Gasteiger charge is 2.43. The molecule has 2 amide bonds. The van der Waals surface area contributed by atoms with Gasteiger partial charge in [-0.1, -0.05) is 6.92 Å². The number of benzene rings is 1. The van der Waals surface area contributed by atoms with Gasteiger partial charge in [-0.3, -0.25) is 14.4 Å². The van der Waals surface area contributed by atoms with E-state index >= 15 is 0 Å². The molecule has 9 heteroatoms. The second-order valence-electron chi connectivity index (χ2n) is 6.30. The smallest absolute Gasteiger partial charge is 0.417 e. The lowest BCUT2D eigenvalue weighted by molar-refractivity contribution is -0.138. The highest BCUT2D eigenvalue weighted by atomic mass is 19.4. The fourth-order valence-electron chi connectivity index (χ4n) is 2.63. The molecule has 0 spiro atoms. The molecule has 1 N–H and O–H groups in total. The van der Waals surface area contributed by atoms with Crippen LogP contribution in [-0.2, 0) is 15.8 Å². The van der Waals surface area contributed by atoms with Gasteiger partial charge in [-0.25, -0.2) is 0 Å². The van der Waals surface area contributed by atoms with Crippen LogP contribution in [0.1, 0.15) is 43.1 Å². The second kappa shape index (κ2) is 6.97. The van der Waals surface area contributed by atoms with Gasteiger partial charge >= 0.3 is 6.18 Å². The van der Waals surface area contributed by atoms with E-state index in [-0.39, 0.29) is 43.1 Å². The third kappa shape index (κ3) is 3.81. The van der Waals surface area contributed by atoms with E-state index < -0.39 is 28.8 Å². The average Bonchev–Trinajstić information content (AvgIpc) is 2.56. The Morgan fingerprint density at radius 1 is 1.35 bits per heavy atom. The van der Waals surface area contributed by atoms with Gasteiger partial charge in [0.25, 0.3) is 5.91 Å². The SMILES string of the molecule is CCC(=O)NCCN1C(=O)C(C)(C)Oc2cc(C(F)(F)F)c(C=O)cc21. The number of fused-ring (bicyclic) bond motifs is 1. The Morgan fingerprint density at radius 3 is 2.54 bits per heavy atom. The third-order valence-electron chi connectivity index (χ3n) is 3.96. The minimum Gasteiger partial charge on any atom is -0.476 e. The lowest BCUT2D eigenvalue weighted by Gasteiger charge is -2.39. The minimum atomic E-state index is -4.74. The second-order valence-corrected chi connectivity index (χ2v) is 6.30. The maximum Gasteiger partial charge on any atom is 0.417 e. The molecule has 142 valence electrons. The van der Waals surface area contributed by atoms with Gasteiger partial charge in [0.1, 0.15) is 5.75 Å². The molecule has 1 aromatic carbocycles. The summed E-state index contributed by atoms with van der Waals surface area (Å²) in [5, 5.41) is 2.60. The molecule has 6 nitrogen and oxygen atoms in total. The van der Waals surface area contributed by atoms with Crippen LogP contribution in [0.3, 0.4) is 0 Å². The zero-order valence-electron chi connectivity index (χ0n) is 14.6. The van der Waals surface area contributed by atoms with E-state index in [1.807, 2.05) is 0 Å². The molecule has 2 rings (SSSR count). The summed E-state index contributed by atoms with van der Waals surface area (Å²) in [5.41, 5.74) is -3.03. The summed E-state index contributed by atoms with van der Waals surface area (Å²) in [6.45, 7) is 4.70. The molecule has 1 aliphatic heterocycles. The predicted molar refractivity (Wildman–Crippen MR) is 87.2 cm³/mol. The average molecular weight is 372 g/mol. The molecule has 0 bridgehead atoms. The van der Waals surface area contributed by atoms with Crippen LogP contribution in [0.5, 0.6) is 5.75 Å². The Morgan fingerprint density at radius 2 is 2.00 bits per heavy atom. The molecule has 26 heavy (non-hydrogen) atoms. The van der Waals surface area contributed by atoms with Gasteiger partial charge < -0.3 is 15.0 Å². The van der Waals surface area contributed by atoms with E-state index in [4.69, 9.17) is 4.74 Å². The zero-order valence-corrected chi connectivity index (χ0v) is 14.6. The van der Waals surface area contributed by atoms with Gasteiger partial charge in [-0.15, -0.1) is 0 Å². The van der Waals surface area contributed by atoms with Crippen LogP contribution in [-0.4, -0.2) is 36.8 Å². The van der Waals surface area contributed by atoms with E-state index in [1.165, 1.54) is 18.7 Å². The van der Waals surface area contributed by atoms with E-state index in [0.717, 1.165) is 12.1 Å². The van der Waals surface area contributed by atoms with Crippen molar-refractivity contribution in [3.05, 3.63) is 23.3 Å². The molecule has 0 fully saturated rings.